The molecule has 0 aliphatic carbocycles. The van der Waals surface area contributed by atoms with Crippen LogP contribution in [0.1, 0.15) is 50.7 Å². The van der Waals surface area contributed by atoms with Gasteiger partial charge in [-0.3, -0.25) is 4.90 Å². The number of rotatable bonds is 2. The second-order valence-electron chi connectivity index (χ2n) is 7.06. The van der Waals surface area contributed by atoms with Gasteiger partial charge in [-0.05, 0) is 19.3 Å². The van der Waals surface area contributed by atoms with Crippen molar-refractivity contribution < 1.29 is 0 Å². The largest absolute Gasteiger partial charge is 0.310 e. The number of nitrogens with zero attached hydrogens (tertiary/aromatic N) is 2. The van der Waals surface area contributed by atoms with E-state index in [4.69, 9.17) is 4.98 Å². The number of aromatic nitrogens is 1. The molecular weight excluding hydrogens is 254 g/mol. The SMILES string of the molecule is CC(C)(C)c1nc(CN2CCC3CCC(C2)N3)cs1. The van der Waals surface area contributed by atoms with E-state index < -0.39 is 0 Å². The zero-order valence-electron chi connectivity index (χ0n) is 12.3. The molecule has 0 amide bonds. The summed E-state index contributed by atoms with van der Waals surface area (Å²) in [5.41, 5.74) is 1.44. The monoisotopic (exact) mass is 279 g/mol. The van der Waals surface area contributed by atoms with Crippen LogP contribution >= 0.6 is 11.3 Å². The molecule has 4 heteroatoms. The third-order valence-corrected chi connectivity index (χ3v) is 5.50. The summed E-state index contributed by atoms with van der Waals surface area (Å²) in [6, 6.07) is 1.49. The van der Waals surface area contributed by atoms with Crippen LogP contribution in [0.15, 0.2) is 5.38 Å². The molecule has 2 unspecified atom stereocenters. The average Bonchev–Trinajstić information content (AvgIpc) is 2.88. The fraction of sp³-hybridized carbons (Fsp3) is 0.800. The van der Waals surface area contributed by atoms with Crippen LogP contribution in [0.2, 0.25) is 0 Å². The van der Waals surface area contributed by atoms with Crippen molar-refractivity contribution in [3.63, 3.8) is 0 Å². The summed E-state index contributed by atoms with van der Waals surface area (Å²) in [7, 11) is 0. The lowest BCUT2D eigenvalue weighted by Gasteiger charge is -2.23. The lowest BCUT2D eigenvalue weighted by atomic mass is 9.98. The molecule has 3 rings (SSSR count). The van der Waals surface area contributed by atoms with Gasteiger partial charge >= 0.3 is 0 Å². The Kier molecular flexibility index (Phi) is 3.67. The van der Waals surface area contributed by atoms with Crippen molar-refractivity contribution in [3.05, 3.63) is 16.1 Å². The second-order valence-corrected chi connectivity index (χ2v) is 7.91. The molecule has 1 aromatic heterocycles. The van der Waals surface area contributed by atoms with Gasteiger partial charge in [0.1, 0.15) is 0 Å². The maximum absolute atomic E-state index is 4.82. The molecule has 2 aliphatic heterocycles. The van der Waals surface area contributed by atoms with Crippen molar-refractivity contribution in [2.24, 2.45) is 0 Å². The van der Waals surface area contributed by atoms with Gasteiger partial charge in [0.05, 0.1) is 10.7 Å². The van der Waals surface area contributed by atoms with Crippen molar-refractivity contribution in [1.29, 1.82) is 0 Å². The van der Waals surface area contributed by atoms with Crippen molar-refractivity contribution >= 4 is 11.3 Å². The summed E-state index contributed by atoms with van der Waals surface area (Å²) < 4.78 is 0. The Morgan fingerprint density at radius 3 is 2.84 bits per heavy atom. The van der Waals surface area contributed by atoms with Gasteiger partial charge in [0.25, 0.3) is 0 Å². The number of hydrogen-bond donors (Lipinski definition) is 1. The predicted octanol–water partition coefficient (Wildman–Crippen LogP) is 2.77. The highest BCUT2D eigenvalue weighted by atomic mass is 32.1. The fourth-order valence-corrected chi connectivity index (χ4v) is 4.01. The molecule has 1 N–H and O–H groups in total. The van der Waals surface area contributed by atoms with Gasteiger partial charge in [-0.1, -0.05) is 20.8 Å². The van der Waals surface area contributed by atoms with Crippen LogP contribution in [0.5, 0.6) is 0 Å². The van der Waals surface area contributed by atoms with Gasteiger partial charge in [0.15, 0.2) is 0 Å². The first-order valence-electron chi connectivity index (χ1n) is 7.44. The third-order valence-electron chi connectivity index (χ3n) is 4.19. The number of thiazole rings is 1. The first kappa shape index (κ1) is 13.5. The van der Waals surface area contributed by atoms with Crippen LogP contribution in [0.25, 0.3) is 0 Å². The van der Waals surface area contributed by atoms with Gasteiger partial charge in [-0.25, -0.2) is 4.98 Å². The minimum Gasteiger partial charge on any atom is -0.310 e. The molecule has 0 saturated carbocycles. The zero-order chi connectivity index (χ0) is 13.5. The molecule has 0 aromatic carbocycles. The summed E-state index contributed by atoms with van der Waals surface area (Å²) in [6.07, 6.45) is 4.03. The molecule has 106 valence electrons. The first-order chi connectivity index (χ1) is 9.00. The first-order valence-corrected chi connectivity index (χ1v) is 8.32. The van der Waals surface area contributed by atoms with E-state index in [-0.39, 0.29) is 5.41 Å². The highest BCUT2D eigenvalue weighted by molar-refractivity contribution is 7.09. The van der Waals surface area contributed by atoms with E-state index >= 15 is 0 Å². The van der Waals surface area contributed by atoms with Gasteiger partial charge in [0.2, 0.25) is 0 Å². The van der Waals surface area contributed by atoms with Gasteiger partial charge in [0, 0.05) is 42.5 Å². The fourth-order valence-electron chi connectivity index (χ4n) is 3.11. The second kappa shape index (κ2) is 5.15. The molecule has 2 atom stereocenters. The molecule has 2 saturated heterocycles. The molecule has 0 radical (unpaired) electrons. The Balaban J connectivity index is 1.63. The molecule has 1 aromatic rings. The Hall–Kier alpha value is -0.450. The van der Waals surface area contributed by atoms with E-state index in [1.807, 2.05) is 11.3 Å². The van der Waals surface area contributed by atoms with Crippen molar-refractivity contribution in [2.75, 3.05) is 13.1 Å². The Morgan fingerprint density at radius 2 is 2.11 bits per heavy atom. The Bertz CT molecular complexity index is 435. The van der Waals surface area contributed by atoms with E-state index in [0.29, 0.717) is 6.04 Å². The topological polar surface area (TPSA) is 28.2 Å². The highest BCUT2D eigenvalue weighted by Crippen LogP contribution is 2.27. The van der Waals surface area contributed by atoms with Crippen LogP contribution < -0.4 is 5.32 Å². The van der Waals surface area contributed by atoms with Crippen LogP contribution in [-0.4, -0.2) is 35.1 Å². The third kappa shape index (κ3) is 3.18. The quantitative estimate of drug-likeness (QED) is 0.902. The van der Waals surface area contributed by atoms with E-state index in [0.717, 1.165) is 12.6 Å². The average molecular weight is 279 g/mol. The molecule has 2 aliphatic rings. The van der Waals surface area contributed by atoms with Crippen LogP contribution in [0, 0.1) is 0 Å². The van der Waals surface area contributed by atoms with Crippen LogP contribution in [0.3, 0.4) is 0 Å². The molecule has 2 bridgehead atoms. The summed E-state index contributed by atoms with van der Waals surface area (Å²) in [4.78, 5) is 7.41. The minimum atomic E-state index is 0.183. The Labute approximate surface area is 120 Å². The number of fused-ring (bicyclic) bond motifs is 2. The standard InChI is InChI=1S/C15H25N3S/c1-15(2,3)14-17-13(10-19-14)9-18-7-6-11-4-5-12(8-18)16-11/h10-12,16H,4-9H2,1-3H3. The normalized spacial score (nSPS) is 28.6. The van der Waals surface area contributed by atoms with Crippen LogP contribution in [0.4, 0.5) is 0 Å². The molecule has 2 fully saturated rings. The van der Waals surface area contributed by atoms with Gasteiger partial charge in [-0.2, -0.15) is 0 Å². The number of nitrogens with one attached hydrogen (secondary N) is 1. The molecule has 19 heavy (non-hydrogen) atoms. The maximum atomic E-state index is 4.82. The molecule has 3 heterocycles. The summed E-state index contributed by atoms with van der Waals surface area (Å²) >= 11 is 1.81. The van der Waals surface area contributed by atoms with E-state index in [2.05, 4.69) is 36.4 Å². The summed E-state index contributed by atoms with van der Waals surface area (Å²) in [5, 5.41) is 7.25. The summed E-state index contributed by atoms with van der Waals surface area (Å²) in [6.45, 7) is 10.2. The highest BCUT2D eigenvalue weighted by Gasteiger charge is 2.29. The van der Waals surface area contributed by atoms with Crippen molar-refractivity contribution in [2.45, 2.75) is 64.1 Å². The number of hydrogen-bond acceptors (Lipinski definition) is 4. The molecular formula is C15H25N3S. The zero-order valence-corrected chi connectivity index (χ0v) is 13.1. The van der Waals surface area contributed by atoms with E-state index in [1.165, 1.54) is 43.1 Å². The molecule has 3 nitrogen and oxygen atoms in total. The van der Waals surface area contributed by atoms with E-state index in [1.54, 1.807) is 0 Å². The van der Waals surface area contributed by atoms with Gasteiger partial charge < -0.3 is 5.32 Å². The lowest BCUT2D eigenvalue weighted by molar-refractivity contribution is 0.248. The van der Waals surface area contributed by atoms with E-state index in [9.17, 15) is 0 Å². The maximum Gasteiger partial charge on any atom is 0.0982 e. The molecule has 0 spiro atoms. The van der Waals surface area contributed by atoms with Crippen LogP contribution in [-0.2, 0) is 12.0 Å². The summed E-state index contributed by atoms with van der Waals surface area (Å²) in [5.74, 6) is 0. The number of likely N-dealkylation sites (tertiary alicyclic amines) is 1. The Morgan fingerprint density at radius 1 is 1.32 bits per heavy atom. The predicted molar refractivity (Wildman–Crippen MR) is 80.7 cm³/mol. The van der Waals surface area contributed by atoms with Crippen molar-refractivity contribution in [3.8, 4) is 0 Å². The smallest absolute Gasteiger partial charge is 0.0982 e. The minimum absolute atomic E-state index is 0.183. The lowest BCUT2D eigenvalue weighted by Crippen LogP contribution is -2.35. The van der Waals surface area contributed by atoms with Crippen molar-refractivity contribution in [1.82, 2.24) is 15.2 Å². The van der Waals surface area contributed by atoms with Gasteiger partial charge in [-0.15, -0.1) is 11.3 Å².